The highest BCUT2D eigenvalue weighted by atomic mass is 14.8. The number of nitrogens with zero attached hydrogens (tertiary/aromatic N) is 1. The van der Waals surface area contributed by atoms with Gasteiger partial charge in [0, 0.05) is 0 Å². The van der Waals surface area contributed by atoms with Crippen molar-refractivity contribution in [3.63, 3.8) is 0 Å². The summed E-state index contributed by atoms with van der Waals surface area (Å²) in [7, 11) is 0. The lowest BCUT2D eigenvalue weighted by atomic mass is 10.0. The molecule has 1 heterocycles. The van der Waals surface area contributed by atoms with Crippen LogP contribution in [0, 0.1) is 13.8 Å². The van der Waals surface area contributed by atoms with Crippen LogP contribution in [0.5, 0.6) is 0 Å². The van der Waals surface area contributed by atoms with Gasteiger partial charge in [-0.05, 0) is 37.8 Å². The second kappa shape index (κ2) is 4.26. The van der Waals surface area contributed by atoms with Gasteiger partial charge in [-0.1, -0.05) is 30.9 Å². The molecule has 0 aliphatic heterocycles. The van der Waals surface area contributed by atoms with Crippen LogP contribution in [-0.4, -0.2) is 4.98 Å². The SMILES string of the molecule is CCCCc1c(C)cc([NH-])nc1C. The first-order valence-corrected chi connectivity index (χ1v) is 4.84. The fourth-order valence-corrected chi connectivity index (χ4v) is 1.59. The molecule has 0 aliphatic rings. The molecule has 0 unspecified atom stereocenters. The van der Waals surface area contributed by atoms with Crippen LogP contribution < -0.4 is 0 Å². The van der Waals surface area contributed by atoms with Gasteiger partial charge >= 0.3 is 0 Å². The van der Waals surface area contributed by atoms with E-state index in [0.29, 0.717) is 5.82 Å². The van der Waals surface area contributed by atoms with Crippen LogP contribution >= 0.6 is 0 Å². The lowest BCUT2D eigenvalue weighted by Crippen LogP contribution is -1.96. The Morgan fingerprint density at radius 1 is 1.38 bits per heavy atom. The van der Waals surface area contributed by atoms with Gasteiger partial charge in [-0.15, -0.1) is 0 Å². The maximum atomic E-state index is 7.44. The van der Waals surface area contributed by atoms with Gasteiger partial charge in [0.25, 0.3) is 0 Å². The Balaban J connectivity index is 2.92. The Kier molecular flexibility index (Phi) is 3.29. The molecule has 1 N–H and O–H groups in total. The summed E-state index contributed by atoms with van der Waals surface area (Å²) < 4.78 is 0. The molecular weight excluding hydrogens is 160 g/mol. The van der Waals surface area contributed by atoms with Crippen LogP contribution in [-0.2, 0) is 6.42 Å². The first-order valence-electron chi connectivity index (χ1n) is 4.84. The maximum Gasteiger partial charge on any atom is -0.0277 e. The van der Waals surface area contributed by atoms with Gasteiger partial charge in [0.2, 0.25) is 0 Å². The Labute approximate surface area is 80.2 Å². The van der Waals surface area contributed by atoms with Crippen molar-refractivity contribution in [1.82, 2.24) is 4.98 Å². The molecule has 1 aromatic heterocycles. The molecule has 0 radical (unpaired) electrons. The van der Waals surface area contributed by atoms with Gasteiger partial charge in [-0.3, -0.25) is 0 Å². The summed E-state index contributed by atoms with van der Waals surface area (Å²) in [5.74, 6) is 0.384. The van der Waals surface area contributed by atoms with Crippen molar-refractivity contribution in [2.24, 2.45) is 0 Å². The Morgan fingerprint density at radius 2 is 2.08 bits per heavy atom. The fourth-order valence-electron chi connectivity index (χ4n) is 1.59. The summed E-state index contributed by atoms with van der Waals surface area (Å²) in [6.07, 6.45) is 3.52. The first kappa shape index (κ1) is 10.0. The van der Waals surface area contributed by atoms with Gasteiger partial charge in [-0.2, -0.15) is 0 Å². The predicted octanol–water partition coefficient (Wildman–Crippen LogP) is 3.72. The molecule has 72 valence electrons. The highest BCUT2D eigenvalue weighted by molar-refractivity contribution is 5.43. The molecule has 2 nitrogen and oxygen atoms in total. The van der Waals surface area contributed by atoms with Crippen LogP contribution in [0.4, 0.5) is 5.82 Å². The van der Waals surface area contributed by atoms with Crippen LogP contribution in [0.3, 0.4) is 0 Å². The zero-order valence-electron chi connectivity index (χ0n) is 8.65. The zero-order chi connectivity index (χ0) is 9.84. The highest BCUT2D eigenvalue weighted by Crippen LogP contribution is 2.19. The van der Waals surface area contributed by atoms with E-state index in [1.165, 1.54) is 24.0 Å². The second-order valence-corrected chi connectivity index (χ2v) is 3.49. The monoisotopic (exact) mass is 177 g/mol. The Hall–Kier alpha value is -1.05. The second-order valence-electron chi connectivity index (χ2n) is 3.49. The third kappa shape index (κ3) is 2.44. The van der Waals surface area contributed by atoms with E-state index in [1.54, 1.807) is 0 Å². The summed E-state index contributed by atoms with van der Waals surface area (Å²) >= 11 is 0. The van der Waals surface area contributed by atoms with Crippen LogP contribution in [0.2, 0.25) is 0 Å². The molecule has 0 bridgehead atoms. The number of hydrogen-bond acceptors (Lipinski definition) is 1. The largest absolute Gasteiger partial charge is 0.482 e. The lowest BCUT2D eigenvalue weighted by molar-refractivity contribution is 0.782. The minimum absolute atomic E-state index is 0.384. The third-order valence-corrected chi connectivity index (χ3v) is 2.33. The topological polar surface area (TPSA) is 36.7 Å². The number of nitrogens with one attached hydrogen (secondary N) is 1. The Bertz CT molecular complexity index is 269. The van der Waals surface area contributed by atoms with E-state index in [1.807, 2.05) is 13.0 Å². The van der Waals surface area contributed by atoms with Crippen molar-refractivity contribution in [2.45, 2.75) is 40.0 Å². The molecular formula is C11H17N2-. The molecule has 0 fully saturated rings. The van der Waals surface area contributed by atoms with E-state index in [-0.39, 0.29) is 0 Å². The molecule has 0 spiro atoms. The van der Waals surface area contributed by atoms with Gasteiger partial charge < -0.3 is 10.7 Å². The number of aryl methyl sites for hydroxylation is 2. The molecule has 0 aliphatic carbocycles. The van der Waals surface area contributed by atoms with Gasteiger partial charge in [0.1, 0.15) is 0 Å². The van der Waals surface area contributed by atoms with Crippen molar-refractivity contribution < 1.29 is 0 Å². The standard InChI is InChI=1S/C11H17N2/c1-4-5-6-10-8(2)7-11(12)13-9(10)3/h7H,4-6H2,1-3H3,(H-,12,13)/q-1. The number of rotatable bonds is 3. The smallest absolute Gasteiger partial charge is 0.0277 e. The molecule has 2 heteroatoms. The van der Waals surface area contributed by atoms with Gasteiger partial charge in [-0.25, -0.2) is 0 Å². The minimum atomic E-state index is 0.384. The number of aromatic nitrogens is 1. The normalized spacial score (nSPS) is 10.4. The fraction of sp³-hybridized carbons (Fsp3) is 0.545. The number of unbranched alkanes of at least 4 members (excludes halogenated alkanes) is 1. The highest BCUT2D eigenvalue weighted by Gasteiger charge is 1.99. The predicted molar refractivity (Wildman–Crippen MR) is 56.3 cm³/mol. The molecule has 0 saturated carbocycles. The van der Waals surface area contributed by atoms with Crippen LogP contribution in [0.25, 0.3) is 5.73 Å². The molecule has 0 saturated heterocycles. The van der Waals surface area contributed by atoms with Crippen molar-refractivity contribution in [2.75, 3.05) is 0 Å². The molecule has 13 heavy (non-hydrogen) atoms. The zero-order valence-corrected chi connectivity index (χ0v) is 8.65. The van der Waals surface area contributed by atoms with E-state index in [4.69, 9.17) is 5.73 Å². The van der Waals surface area contributed by atoms with Gasteiger partial charge in [0.05, 0.1) is 0 Å². The Morgan fingerprint density at radius 3 is 2.62 bits per heavy atom. The third-order valence-electron chi connectivity index (χ3n) is 2.33. The molecule has 0 atom stereocenters. The van der Waals surface area contributed by atoms with Gasteiger partial charge in [0.15, 0.2) is 0 Å². The van der Waals surface area contributed by atoms with E-state index in [9.17, 15) is 0 Å². The van der Waals surface area contributed by atoms with Crippen molar-refractivity contribution >= 4 is 5.82 Å². The maximum absolute atomic E-state index is 7.44. The number of pyridine rings is 1. The summed E-state index contributed by atoms with van der Waals surface area (Å²) in [6.45, 7) is 6.25. The van der Waals surface area contributed by atoms with Crippen molar-refractivity contribution in [3.05, 3.63) is 28.6 Å². The average molecular weight is 177 g/mol. The lowest BCUT2D eigenvalue weighted by Gasteiger charge is -2.15. The van der Waals surface area contributed by atoms with Crippen molar-refractivity contribution in [3.8, 4) is 0 Å². The van der Waals surface area contributed by atoms with E-state index in [2.05, 4.69) is 18.8 Å². The summed E-state index contributed by atoms with van der Waals surface area (Å²) in [6, 6.07) is 1.85. The van der Waals surface area contributed by atoms with Crippen molar-refractivity contribution in [1.29, 1.82) is 0 Å². The van der Waals surface area contributed by atoms with Crippen LogP contribution in [0.1, 0.15) is 36.6 Å². The molecule has 1 aromatic rings. The van der Waals surface area contributed by atoms with E-state index < -0.39 is 0 Å². The number of hydrogen-bond donors (Lipinski definition) is 0. The first-order chi connectivity index (χ1) is 6.15. The summed E-state index contributed by atoms with van der Waals surface area (Å²) in [5, 5.41) is 0. The summed E-state index contributed by atoms with van der Waals surface area (Å²) in [4.78, 5) is 4.15. The minimum Gasteiger partial charge on any atom is -0.482 e. The molecule has 0 amide bonds. The quantitative estimate of drug-likeness (QED) is 0.693. The summed E-state index contributed by atoms with van der Waals surface area (Å²) in [5.41, 5.74) is 11.0. The van der Waals surface area contributed by atoms with Crippen LogP contribution in [0.15, 0.2) is 6.07 Å². The average Bonchev–Trinajstić information content (AvgIpc) is 2.02. The van der Waals surface area contributed by atoms with E-state index in [0.717, 1.165) is 12.1 Å². The molecule has 0 aromatic carbocycles. The molecule has 1 rings (SSSR count). The van der Waals surface area contributed by atoms with E-state index >= 15 is 0 Å².